The molecule has 6 nitrogen and oxygen atoms in total. The van der Waals surface area contributed by atoms with Gasteiger partial charge in [-0.2, -0.15) is 0 Å². The highest BCUT2D eigenvalue weighted by molar-refractivity contribution is 5.75. The Balaban J connectivity index is 2.98. The molecule has 0 aliphatic rings. The molecular formula is C10H21N3O3. The zero-order valence-electron chi connectivity index (χ0n) is 9.71. The third kappa shape index (κ3) is 12.9. The van der Waals surface area contributed by atoms with E-state index in [0.29, 0.717) is 19.5 Å². The summed E-state index contributed by atoms with van der Waals surface area (Å²) < 4.78 is 0. The van der Waals surface area contributed by atoms with Crippen molar-refractivity contribution in [3.63, 3.8) is 0 Å². The van der Waals surface area contributed by atoms with Gasteiger partial charge in [0.2, 0.25) is 0 Å². The van der Waals surface area contributed by atoms with Gasteiger partial charge in [-0.3, -0.25) is 4.79 Å². The molecule has 0 saturated heterocycles. The van der Waals surface area contributed by atoms with Crippen LogP contribution in [-0.4, -0.2) is 49.7 Å². The summed E-state index contributed by atoms with van der Waals surface area (Å²) in [5.41, 5.74) is 0. The van der Waals surface area contributed by atoms with Gasteiger partial charge in [0.15, 0.2) is 0 Å². The molecule has 0 spiro atoms. The highest BCUT2D eigenvalue weighted by Crippen LogP contribution is 1.79. The highest BCUT2D eigenvalue weighted by Gasteiger charge is 1.94. The summed E-state index contributed by atoms with van der Waals surface area (Å²) in [4.78, 5) is 20.7. The van der Waals surface area contributed by atoms with E-state index in [2.05, 4.69) is 16.0 Å². The van der Waals surface area contributed by atoms with Crippen molar-refractivity contribution in [3.05, 3.63) is 0 Å². The van der Waals surface area contributed by atoms with Gasteiger partial charge in [-0.05, 0) is 26.4 Å². The SMILES string of the molecule is CC(=O)CCNCCCNCCNC(=O)O. The van der Waals surface area contributed by atoms with Crippen LogP contribution in [0.3, 0.4) is 0 Å². The fraction of sp³-hybridized carbons (Fsp3) is 0.800. The minimum absolute atomic E-state index is 0.199. The number of nitrogens with one attached hydrogen (secondary N) is 3. The Bertz CT molecular complexity index is 187. The molecule has 0 aromatic heterocycles. The predicted molar refractivity (Wildman–Crippen MR) is 61.7 cm³/mol. The fourth-order valence-electron chi connectivity index (χ4n) is 1.11. The van der Waals surface area contributed by atoms with Gasteiger partial charge in [-0.15, -0.1) is 0 Å². The maximum atomic E-state index is 10.6. The number of hydrogen-bond donors (Lipinski definition) is 4. The first-order valence-corrected chi connectivity index (χ1v) is 5.50. The third-order valence-corrected chi connectivity index (χ3v) is 1.94. The molecule has 0 rings (SSSR count). The summed E-state index contributed by atoms with van der Waals surface area (Å²) in [5, 5.41) is 16.8. The minimum atomic E-state index is -0.993. The second kappa shape index (κ2) is 10.4. The zero-order valence-corrected chi connectivity index (χ0v) is 9.71. The van der Waals surface area contributed by atoms with Crippen LogP contribution in [0.1, 0.15) is 19.8 Å². The van der Waals surface area contributed by atoms with Gasteiger partial charge in [0, 0.05) is 26.1 Å². The lowest BCUT2D eigenvalue weighted by molar-refractivity contribution is -0.116. The van der Waals surface area contributed by atoms with Gasteiger partial charge in [-0.25, -0.2) is 4.79 Å². The number of hydrogen-bond acceptors (Lipinski definition) is 4. The second-order valence-electron chi connectivity index (χ2n) is 3.54. The maximum Gasteiger partial charge on any atom is 0.404 e. The summed E-state index contributed by atoms with van der Waals surface area (Å²) in [5.74, 6) is 0.199. The molecule has 0 aliphatic heterocycles. The van der Waals surface area contributed by atoms with Gasteiger partial charge < -0.3 is 21.1 Å². The van der Waals surface area contributed by atoms with E-state index in [0.717, 1.165) is 26.1 Å². The largest absolute Gasteiger partial charge is 0.465 e. The van der Waals surface area contributed by atoms with Gasteiger partial charge in [0.05, 0.1) is 0 Å². The van der Waals surface area contributed by atoms with E-state index in [9.17, 15) is 9.59 Å². The first-order chi connectivity index (χ1) is 7.63. The summed E-state index contributed by atoms with van der Waals surface area (Å²) >= 11 is 0. The number of carboxylic acid groups (broad SMARTS) is 1. The molecule has 0 saturated carbocycles. The number of ketones is 1. The summed E-state index contributed by atoms with van der Waals surface area (Å²) in [7, 11) is 0. The highest BCUT2D eigenvalue weighted by atomic mass is 16.4. The molecule has 0 bridgehead atoms. The van der Waals surface area contributed by atoms with E-state index in [1.807, 2.05) is 0 Å². The molecule has 1 amide bonds. The van der Waals surface area contributed by atoms with Gasteiger partial charge >= 0.3 is 6.09 Å². The van der Waals surface area contributed by atoms with Crippen LogP contribution in [0.15, 0.2) is 0 Å². The molecule has 0 fully saturated rings. The van der Waals surface area contributed by atoms with Crippen LogP contribution in [0.25, 0.3) is 0 Å². The average molecular weight is 231 g/mol. The van der Waals surface area contributed by atoms with E-state index in [1.54, 1.807) is 6.92 Å². The Morgan fingerprint density at radius 3 is 2.19 bits per heavy atom. The maximum absolute atomic E-state index is 10.6. The topological polar surface area (TPSA) is 90.5 Å². The Kier molecular flexibility index (Phi) is 9.64. The van der Waals surface area contributed by atoms with Gasteiger partial charge in [0.1, 0.15) is 5.78 Å². The van der Waals surface area contributed by atoms with E-state index in [4.69, 9.17) is 5.11 Å². The standard InChI is InChI=1S/C10H21N3O3/c1-9(14)3-6-11-4-2-5-12-7-8-13-10(15)16/h11-13H,2-8H2,1H3,(H,15,16). The third-order valence-electron chi connectivity index (χ3n) is 1.94. The summed E-state index contributed by atoms with van der Waals surface area (Å²) in [6, 6.07) is 0. The Morgan fingerprint density at radius 2 is 1.62 bits per heavy atom. The number of amides is 1. The number of rotatable bonds is 10. The Labute approximate surface area is 95.8 Å². The van der Waals surface area contributed by atoms with E-state index in [-0.39, 0.29) is 5.78 Å². The van der Waals surface area contributed by atoms with E-state index < -0.39 is 6.09 Å². The molecule has 0 aromatic carbocycles. The molecule has 16 heavy (non-hydrogen) atoms. The quantitative estimate of drug-likeness (QED) is 0.391. The van der Waals surface area contributed by atoms with Crippen LogP contribution in [0.4, 0.5) is 4.79 Å². The zero-order chi connectivity index (χ0) is 12.2. The molecule has 0 heterocycles. The lowest BCUT2D eigenvalue weighted by atomic mass is 10.3. The molecule has 0 radical (unpaired) electrons. The Morgan fingerprint density at radius 1 is 1.00 bits per heavy atom. The van der Waals surface area contributed by atoms with Gasteiger partial charge in [0.25, 0.3) is 0 Å². The fourth-order valence-corrected chi connectivity index (χ4v) is 1.11. The van der Waals surface area contributed by atoms with Crippen molar-refractivity contribution < 1.29 is 14.7 Å². The molecule has 0 atom stereocenters. The smallest absolute Gasteiger partial charge is 0.404 e. The molecule has 4 N–H and O–H groups in total. The molecular weight excluding hydrogens is 210 g/mol. The predicted octanol–water partition coefficient (Wildman–Crippen LogP) is -0.198. The van der Waals surface area contributed by atoms with Crippen molar-refractivity contribution in [1.29, 1.82) is 0 Å². The lowest BCUT2D eigenvalue weighted by Crippen LogP contribution is -2.32. The van der Waals surface area contributed by atoms with Crippen LogP contribution >= 0.6 is 0 Å². The van der Waals surface area contributed by atoms with Gasteiger partial charge in [-0.1, -0.05) is 0 Å². The number of carbonyl (C=O) groups excluding carboxylic acids is 1. The minimum Gasteiger partial charge on any atom is -0.465 e. The monoisotopic (exact) mass is 231 g/mol. The van der Waals surface area contributed by atoms with Crippen molar-refractivity contribution in [2.24, 2.45) is 0 Å². The molecule has 6 heteroatoms. The van der Waals surface area contributed by atoms with Crippen LogP contribution in [-0.2, 0) is 4.79 Å². The molecule has 94 valence electrons. The van der Waals surface area contributed by atoms with Crippen LogP contribution < -0.4 is 16.0 Å². The second-order valence-corrected chi connectivity index (χ2v) is 3.54. The normalized spacial score (nSPS) is 10.1. The number of carbonyl (C=O) groups is 2. The van der Waals surface area contributed by atoms with Crippen LogP contribution in [0, 0.1) is 0 Å². The lowest BCUT2D eigenvalue weighted by Gasteiger charge is -2.05. The molecule has 0 aliphatic carbocycles. The van der Waals surface area contributed by atoms with Crippen molar-refractivity contribution in [2.75, 3.05) is 32.7 Å². The number of Topliss-reactive ketones (excluding diaryl/α,β-unsaturated/α-hetero) is 1. The summed E-state index contributed by atoms with van der Waals surface area (Å²) in [6.07, 6.45) is 0.550. The van der Waals surface area contributed by atoms with Crippen molar-refractivity contribution in [2.45, 2.75) is 19.8 Å². The van der Waals surface area contributed by atoms with E-state index in [1.165, 1.54) is 0 Å². The molecule has 0 aromatic rings. The first-order valence-electron chi connectivity index (χ1n) is 5.50. The van der Waals surface area contributed by atoms with Crippen molar-refractivity contribution in [1.82, 2.24) is 16.0 Å². The molecule has 0 unspecified atom stereocenters. The average Bonchev–Trinajstić information content (AvgIpc) is 2.20. The van der Waals surface area contributed by atoms with Crippen LogP contribution in [0.5, 0.6) is 0 Å². The van der Waals surface area contributed by atoms with Crippen molar-refractivity contribution >= 4 is 11.9 Å². The summed E-state index contributed by atoms with van der Waals surface area (Å²) in [6.45, 7) is 5.09. The van der Waals surface area contributed by atoms with Crippen molar-refractivity contribution in [3.8, 4) is 0 Å². The van der Waals surface area contributed by atoms with E-state index >= 15 is 0 Å². The van der Waals surface area contributed by atoms with Crippen LogP contribution in [0.2, 0.25) is 0 Å². The first kappa shape index (κ1) is 14.9. The Hall–Kier alpha value is -1.14.